The smallest absolute Gasteiger partial charge is 0.00885 e. The highest BCUT2D eigenvalue weighted by Crippen LogP contribution is 2.03. The van der Waals surface area contributed by atoms with Crippen LogP contribution in [0.4, 0.5) is 0 Å². The summed E-state index contributed by atoms with van der Waals surface area (Å²) in [7, 11) is 0. The first-order valence-corrected chi connectivity index (χ1v) is 4.09. The molecule has 0 amide bonds. The van der Waals surface area contributed by atoms with Gasteiger partial charge in [-0.15, -0.1) is 11.8 Å². The Labute approximate surface area is 65.0 Å². The zero-order chi connectivity index (χ0) is 7.66. The molecule has 0 atom stereocenters. The van der Waals surface area contributed by atoms with Crippen molar-refractivity contribution in [2.24, 2.45) is 0 Å². The molecule has 57 valence electrons. The van der Waals surface area contributed by atoms with E-state index in [9.17, 15) is 0 Å². The lowest BCUT2D eigenvalue weighted by Crippen LogP contribution is -1.76. The molecule has 0 N–H and O–H groups in total. The fourth-order valence-electron chi connectivity index (χ4n) is 0.864. The second-order valence-corrected chi connectivity index (χ2v) is 2.43. The molecule has 0 rings (SSSR count). The van der Waals surface area contributed by atoms with Gasteiger partial charge in [0.1, 0.15) is 0 Å². The molecule has 0 nitrogen and oxygen atoms in total. The molecule has 0 saturated carbocycles. The highest BCUT2D eigenvalue weighted by Gasteiger charge is 1.85. The lowest BCUT2D eigenvalue weighted by molar-refractivity contribution is 0.687. The molecule has 0 aliphatic heterocycles. The van der Waals surface area contributed by atoms with E-state index in [1.165, 1.54) is 25.7 Å². The van der Waals surface area contributed by atoms with Gasteiger partial charge in [0.05, 0.1) is 0 Å². The summed E-state index contributed by atoms with van der Waals surface area (Å²) >= 11 is 0. The van der Waals surface area contributed by atoms with Gasteiger partial charge in [0.25, 0.3) is 0 Å². The van der Waals surface area contributed by atoms with Gasteiger partial charge in [0.2, 0.25) is 0 Å². The van der Waals surface area contributed by atoms with Crippen LogP contribution in [-0.4, -0.2) is 0 Å². The van der Waals surface area contributed by atoms with Crippen LogP contribution in [0, 0.1) is 18.3 Å². The standard InChI is InChI=1S/C10H17/c1-3-5-7-9-10-8-6-4-2/h3H,5,7-10H2,1-2H3. The summed E-state index contributed by atoms with van der Waals surface area (Å²) < 4.78 is 0. The SMILES string of the molecule is CC#CCCCCC[CH]C. The minimum atomic E-state index is 1.08. The van der Waals surface area contributed by atoms with Gasteiger partial charge < -0.3 is 0 Å². The zero-order valence-corrected chi connectivity index (χ0v) is 7.11. The first kappa shape index (κ1) is 9.56. The van der Waals surface area contributed by atoms with Crippen LogP contribution >= 0.6 is 0 Å². The Bertz CT molecular complexity index is 103. The van der Waals surface area contributed by atoms with Crippen molar-refractivity contribution in [2.75, 3.05) is 0 Å². The zero-order valence-electron chi connectivity index (χ0n) is 7.11. The minimum Gasteiger partial charge on any atom is -0.107 e. The maximum Gasteiger partial charge on any atom is 0.00885 e. The van der Waals surface area contributed by atoms with Crippen LogP contribution in [-0.2, 0) is 0 Å². The Hall–Kier alpha value is -0.440. The van der Waals surface area contributed by atoms with Crippen LogP contribution in [0.2, 0.25) is 0 Å². The summed E-state index contributed by atoms with van der Waals surface area (Å²) in [6.45, 7) is 4.02. The van der Waals surface area contributed by atoms with Crippen molar-refractivity contribution in [1.29, 1.82) is 0 Å². The molecule has 0 unspecified atom stereocenters. The summed E-state index contributed by atoms with van der Waals surface area (Å²) in [5.74, 6) is 5.97. The van der Waals surface area contributed by atoms with Crippen LogP contribution in [0.3, 0.4) is 0 Å². The van der Waals surface area contributed by atoms with Gasteiger partial charge in [-0.2, -0.15) is 0 Å². The molecule has 0 heterocycles. The van der Waals surface area contributed by atoms with Crippen molar-refractivity contribution in [3.63, 3.8) is 0 Å². The number of rotatable bonds is 5. The van der Waals surface area contributed by atoms with Crippen LogP contribution in [0.5, 0.6) is 0 Å². The maximum atomic E-state index is 3.06. The van der Waals surface area contributed by atoms with E-state index in [1.54, 1.807) is 0 Å². The number of unbranched alkanes of at least 4 members (excludes halogenated alkanes) is 5. The van der Waals surface area contributed by atoms with Gasteiger partial charge >= 0.3 is 0 Å². The molecule has 1 radical (unpaired) electrons. The monoisotopic (exact) mass is 137 g/mol. The third kappa shape index (κ3) is 7.56. The first-order chi connectivity index (χ1) is 4.91. The molecule has 0 aromatic rings. The van der Waals surface area contributed by atoms with Gasteiger partial charge in [-0.1, -0.05) is 26.2 Å². The molecule has 0 heteroatoms. The van der Waals surface area contributed by atoms with E-state index in [4.69, 9.17) is 0 Å². The van der Waals surface area contributed by atoms with Crippen molar-refractivity contribution >= 4 is 0 Å². The summed E-state index contributed by atoms with van der Waals surface area (Å²) in [6.07, 6.45) is 8.51. The van der Waals surface area contributed by atoms with Gasteiger partial charge in [-0.3, -0.25) is 0 Å². The summed E-state index contributed by atoms with van der Waals surface area (Å²) in [6, 6.07) is 0. The molecule has 0 bridgehead atoms. The predicted octanol–water partition coefficient (Wildman–Crippen LogP) is 3.18. The normalized spacial score (nSPS) is 8.60. The molecule has 0 saturated heterocycles. The lowest BCUT2D eigenvalue weighted by Gasteiger charge is -1.93. The molecule has 0 aliphatic rings. The Morgan fingerprint density at radius 3 is 2.60 bits per heavy atom. The second kappa shape index (κ2) is 8.56. The highest BCUT2D eigenvalue weighted by atomic mass is 13.9. The summed E-state index contributed by atoms with van der Waals surface area (Å²) in [5, 5.41) is 0. The number of hydrogen-bond acceptors (Lipinski definition) is 0. The predicted molar refractivity (Wildman–Crippen MR) is 46.5 cm³/mol. The van der Waals surface area contributed by atoms with E-state index in [1.807, 2.05) is 6.92 Å². The average molecular weight is 137 g/mol. The van der Waals surface area contributed by atoms with Crippen LogP contribution in [0.1, 0.15) is 46.0 Å². The van der Waals surface area contributed by atoms with E-state index in [2.05, 4.69) is 25.2 Å². The van der Waals surface area contributed by atoms with E-state index in [-0.39, 0.29) is 0 Å². The second-order valence-electron chi connectivity index (χ2n) is 2.43. The van der Waals surface area contributed by atoms with Crippen molar-refractivity contribution in [2.45, 2.75) is 46.0 Å². The van der Waals surface area contributed by atoms with E-state index in [0.29, 0.717) is 0 Å². The maximum absolute atomic E-state index is 3.06. The van der Waals surface area contributed by atoms with Crippen LogP contribution < -0.4 is 0 Å². The van der Waals surface area contributed by atoms with Gasteiger partial charge in [-0.05, 0) is 19.8 Å². The van der Waals surface area contributed by atoms with Crippen molar-refractivity contribution in [3.05, 3.63) is 6.42 Å². The van der Waals surface area contributed by atoms with Gasteiger partial charge in [-0.25, -0.2) is 0 Å². The molecule has 0 aliphatic carbocycles. The third-order valence-corrected chi connectivity index (χ3v) is 1.47. The third-order valence-electron chi connectivity index (χ3n) is 1.47. The quantitative estimate of drug-likeness (QED) is 0.403. The van der Waals surface area contributed by atoms with Crippen molar-refractivity contribution in [3.8, 4) is 11.8 Å². The summed E-state index contributed by atoms with van der Waals surface area (Å²) in [4.78, 5) is 0. The number of hydrogen-bond donors (Lipinski definition) is 0. The van der Waals surface area contributed by atoms with E-state index in [0.717, 1.165) is 6.42 Å². The molecule has 10 heavy (non-hydrogen) atoms. The highest BCUT2D eigenvalue weighted by molar-refractivity contribution is 4.94. The fourth-order valence-corrected chi connectivity index (χ4v) is 0.864. The Morgan fingerprint density at radius 2 is 2.00 bits per heavy atom. The van der Waals surface area contributed by atoms with Crippen molar-refractivity contribution in [1.82, 2.24) is 0 Å². The topological polar surface area (TPSA) is 0 Å². The largest absolute Gasteiger partial charge is 0.107 e. The minimum absolute atomic E-state index is 1.08. The van der Waals surface area contributed by atoms with Crippen molar-refractivity contribution < 1.29 is 0 Å². The van der Waals surface area contributed by atoms with E-state index >= 15 is 0 Å². The molecule has 0 spiro atoms. The molecule has 0 fully saturated rings. The Kier molecular flexibility index (Phi) is 8.18. The Morgan fingerprint density at radius 1 is 1.20 bits per heavy atom. The van der Waals surface area contributed by atoms with Crippen LogP contribution in [0.15, 0.2) is 0 Å². The summed E-state index contributed by atoms with van der Waals surface area (Å²) in [5.41, 5.74) is 0. The molecular formula is C10H17. The van der Waals surface area contributed by atoms with E-state index < -0.39 is 0 Å². The Balaban J connectivity index is 2.82. The first-order valence-electron chi connectivity index (χ1n) is 4.09. The van der Waals surface area contributed by atoms with Gasteiger partial charge in [0.15, 0.2) is 0 Å². The van der Waals surface area contributed by atoms with Crippen LogP contribution in [0.25, 0.3) is 0 Å². The lowest BCUT2D eigenvalue weighted by atomic mass is 10.1. The molecule has 0 aromatic heterocycles. The fraction of sp³-hybridized carbons (Fsp3) is 0.700. The molecule has 0 aromatic carbocycles. The average Bonchev–Trinajstić information content (AvgIpc) is 1.97. The molecular weight excluding hydrogens is 120 g/mol. The van der Waals surface area contributed by atoms with Gasteiger partial charge in [0, 0.05) is 6.42 Å².